The van der Waals surface area contributed by atoms with E-state index in [1.807, 2.05) is 20.8 Å². The van der Waals surface area contributed by atoms with Gasteiger partial charge in [-0.1, -0.05) is 0 Å². The Balaban J connectivity index is 3.17. The number of carboxylic acid groups (broad SMARTS) is 1. The standard InChI is InChI=1S/C11H16N2O3/c1-5-16-11(3,4)10-12-6-7(2)8(13-10)9(14)15/h6H,5H2,1-4H3,(H,14,15). The van der Waals surface area contributed by atoms with Crippen molar-refractivity contribution < 1.29 is 14.6 Å². The van der Waals surface area contributed by atoms with Crippen molar-refractivity contribution in [2.45, 2.75) is 33.3 Å². The molecule has 88 valence electrons. The van der Waals surface area contributed by atoms with Crippen molar-refractivity contribution in [3.05, 3.63) is 23.3 Å². The lowest BCUT2D eigenvalue weighted by Crippen LogP contribution is -2.26. The van der Waals surface area contributed by atoms with Crippen molar-refractivity contribution in [1.29, 1.82) is 0 Å². The first-order valence-corrected chi connectivity index (χ1v) is 5.10. The molecule has 0 aromatic carbocycles. The number of carboxylic acids is 1. The van der Waals surface area contributed by atoms with Crippen LogP contribution in [-0.4, -0.2) is 27.7 Å². The Bertz CT molecular complexity index is 402. The minimum atomic E-state index is -1.05. The molecule has 0 bridgehead atoms. The van der Waals surface area contributed by atoms with Gasteiger partial charge >= 0.3 is 5.97 Å². The van der Waals surface area contributed by atoms with Crippen molar-refractivity contribution in [2.75, 3.05) is 6.61 Å². The van der Waals surface area contributed by atoms with E-state index >= 15 is 0 Å². The average molecular weight is 224 g/mol. The van der Waals surface area contributed by atoms with Crippen LogP contribution in [0.5, 0.6) is 0 Å². The first-order chi connectivity index (χ1) is 7.38. The highest BCUT2D eigenvalue weighted by atomic mass is 16.5. The zero-order valence-electron chi connectivity index (χ0n) is 9.94. The number of nitrogens with zero attached hydrogens (tertiary/aromatic N) is 2. The van der Waals surface area contributed by atoms with Gasteiger partial charge in [-0.25, -0.2) is 14.8 Å². The molecule has 0 saturated carbocycles. The van der Waals surface area contributed by atoms with Gasteiger partial charge in [0.25, 0.3) is 0 Å². The van der Waals surface area contributed by atoms with Gasteiger partial charge in [0, 0.05) is 18.4 Å². The van der Waals surface area contributed by atoms with Crippen LogP contribution >= 0.6 is 0 Å². The lowest BCUT2D eigenvalue weighted by Gasteiger charge is -2.23. The van der Waals surface area contributed by atoms with Crippen LogP contribution in [0.3, 0.4) is 0 Å². The Morgan fingerprint density at radius 3 is 2.69 bits per heavy atom. The summed E-state index contributed by atoms with van der Waals surface area (Å²) in [7, 11) is 0. The second-order valence-electron chi connectivity index (χ2n) is 3.97. The predicted octanol–water partition coefficient (Wildman–Crippen LogP) is 1.75. The maximum Gasteiger partial charge on any atom is 0.354 e. The Hall–Kier alpha value is -1.49. The van der Waals surface area contributed by atoms with Crippen LogP contribution in [0, 0.1) is 6.92 Å². The van der Waals surface area contributed by atoms with Gasteiger partial charge in [0.05, 0.1) is 0 Å². The Kier molecular flexibility index (Phi) is 3.59. The second kappa shape index (κ2) is 4.57. The molecule has 5 nitrogen and oxygen atoms in total. The van der Waals surface area contributed by atoms with E-state index in [1.54, 1.807) is 6.92 Å². The quantitative estimate of drug-likeness (QED) is 0.843. The number of hydrogen-bond acceptors (Lipinski definition) is 4. The molecule has 0 radical (unpaired) electrons. The molecule has 5 heteroatoms. The Morgan fingerprint density at radius 1 is 1.56 bits per heavy atom. The molecular formula is C11H16N2O3. The second-order valence-corrected chi connectivity index (χ2v) is 3.97. The molecule has 16 heavy (non-hydrogen) atoms. The van der Waals surface area contributed by atoms with E-state index in [0.29, 0.717) is 18.0 Å². The highest BCUT2D eigenvalue weighted by Gasteiger charge is 2.25. The summed E-state index contributed by atoms with van der Waals surface area (Å²) >= 11 is 0. The zero-order chi connectivity index (χ0) is 12.3. The summed E-state index contributed by atoms with van der Waals surface area (Å²) in [6.45, 7) is 7.68. The minimum absolute atomic E-state index is 0.0257. The Labute approximate surface area is 94.5 Å². The van der Waals surface area contributed by atoms with Gasteiger partial charge in [0.15, 0.2) is 11.5 Å². The molecule has 0 atom stereocenters. The van der Waals surface area contributed by atoms with E-state index in [4.69, 9.17) is 9.84 Å². The highest BCUT2D eigenvalue weighted by molar-refractivity contribution is 5.86. The van der Waals surface area contributed by atoms with Crippen molar-refractivity contribution in [1.82, 2.24) is 9.97 Å². The third-order valence-corrected chi connectivity index (χ3v) is 2.22. The summed E-state index contributed by atoms with van der Waals surface area (Å²) < 4.78 is 5.47. The normalized spacial score (nSPS) is 11.5. The number of hydrogen-bond donors (Lipinski definition) is 1. The average Bonchev–Trinajstić information content (AvgIpc) is 2.17. The molecule has 0 amide bonds. The fraction of sp³-hybridized carbons (Fsp3) is 0.545. The lowest BCUT2D eigenvalue weighted by molar-refractivity contribution is -0.0209. The van der Waals surface area contributed by atoms with E-state index in [2.05, 4.69) is 9.97 Å². The predicted molar refractivity (Wildman–Crippen MR) is 58.4 cm³/mol. The van der Waals surface area contributed by atoms with Crippen LogP contribution in [0.25, 0.3) is 0 Å². The number of aromatic carboxylic acids is 1. The molecule has 0 fully saturated rings. The van der Waals surface area contributed by atoms with Gasteiger partial charge in [-0.05, 0) is 27.7 Å². The maximum atomic E-state index is 10.9. The minimum Gasteiger partial charge on any atom is -0.477 e. The highest BCUT2D eigenvalue weighted by Crippen LogP contribution is 2.21. The van der Waals surface area contributed by atoms with Crippen LogP contribution in [0.15, 0.2) is 6.20 Å². The van der Waals surface area contributed by atoms with E-state index in [0.717, 1.165) is 0 Å². The number of aryl methyl sites for hydroxylation is 1. The van der Waals surface area contributed by atoms with Crippen LogP contribution in [-0.2, 0) is 10.3 Å². The lowest BCUT2D eigenvalue weighted by atomic mass is 10.1. The fourth-order valence-corrected chi connectivity index (χ4v) is 1.37. The zero-order valence-corrected chi connectivity index (χ0v) is 9.94. The van der Waals surface area contributed by atoms with Crippen LogP contribution in [0.4, 0.5) is 0 Å². The summed E-state index contributed by atoms with van der Waals surface area (Å²) in [4.78, 5) is 19.1. The topological polar surface area (TPSA) is 72.3 Å². The molecule has 0 aliphatic heterocycles. The number of rotatable bonds is 4. The fourth-order valence-electron chi connectivity index (χ4n) is 1.37. The summed E-state index contributed by atoms with van der Waals surface area (Å²) in [5, 5.41) is 8.95. The summed E-state index contributed by atoms with van der Waals surface area (Å²) in [5.74, 6) is -0.661. The molecule has 0 unspecified atom stereocenters. The Morgan fingerprint density at radius 2 is 2.19 bits per heavy atom. The van der Waals surface area contributed by atoms with E-state index < -0.39 is 11.6 Å². The van der Waals surface area contributed by atoms with Crippen LogP contribution in [0.2, 0.25) is 0 Å². The third-order valence-electron chi connectivity index (χ3n) is 2.22. The monoisotopic (exact) mass is 224 g/mol. The van der Waals surface area contributed by atoms with E-state index in [-0.39, 0.29) is 5.69 Å². The third kappa shape index (κ3) is 2.55. The smallest absolute Gasteiger partial charge is 0.354 e. The van der Waals surface area contributed by atoms with Crippen LogP contribution in [0.1, 0.15) is 42.6 Å². The van der Waals surface area contributed by atoms with Gasteiger partial charge in [0.2, 0.25) is 0 Å². The molecular weight excluding hydrogens is 208 g/mol. The van der Waals surface area contributed by atoms with Gasteiger partial charge in [-0.3, -0.25) is 0 Å². The van der Waals surface area contributed by atoms with E-state index in [9.17, 15) is 4.79 Å². The van der Waals surface area contributed by atoms with Gasteiger partial charge < -0.3 is 9.84 Å². The largest absolute Gasteiger partial charge is 0.477 e. The van der Waals surface area contributed by atoms with Crippen LogP contribution < -0.4 is 0 Å². The SMILES string of the molecule is CCOC(C)(C)c1ncc(C)c(C(=O)O)n1. The molecule has 0 aliphatic rings. The van der Waals surface area contributed by atoms with Crippen molar-refractivity contribution >= 4 is 5.97 Å². The molecule has 1 aromatic heterocycles. The molecule has 1 rings (SSSR count). The summed E-state index contributed by atoms with van der Waals surface area (Å²) in [6.07, 6.45) is 1.51. The van der Waals surface area contributed by atoms with Gasteiger partial charge in [-0.2, -0.15) is 0 Å². The first-order valence-electron chi connectivity index (χ1n) is 5.10. The molecule has 0 saturated heterocycles. The van der Waals surface area contributed by atoms with Crippen molar-refractivity contribution in [2.24, 2.45) is 0 Å². The summed E-state index contributed by atoms with van der Waals surface area (Å²) in [6, 6.07) is 0. The summed E-state index contributed by atoms with van der Waals surface area (Å²) in [5.41, 5.74) is -0.103. The molecule has 0 aliphatic carbocycles. The van der Waals surface area contributed by atoms with Gasteiger partial charge in [-0.15, -0.1) is 0 Å². The maximum absolute atomic E-state index is 10.9. The van der Waals surface area contributed by atoms with Crippen molar-refractivity contribution in [3.63, 3.8) is 0 Å². The van der Waals surface area contributed by atoms with Crippen molar-refractivity contribution in [3.8, 4) is 0 Å². The van der Waals surface area contributed by atoms with E-state index in [1.165, 1.54) is 6.20 Å². The first kappa shape index (κ1) is 12.6. The number of carbonyl (C=O) groups is 1. The number of aromatic nitrogens is 2. The molecule has 1 heterocycles. The molecule has 1 aromatic rings. The molecule has 1 N–H and O–H groups in total. The molecule has 0 spiro atoms. The number of ether oxygens (including phenoxy) is 1. The van der Waals surface area contributed by atoms with Gasteiger partial charge in [0.1, 0.15) is 5.60 Å².